The highest BCUT2D eigenvalue weighted by atomic mass is 19.4. The Morgan fingerprint density at radius 1 is 1.03 bits per heavy atom. The molecule has 0 aliphatic heterocycles. The van der Waals surface area contributed by atoms with Crippen LogP contribution < -0.4 is 10.6 Å². The van der Waals surface area contributed by atoms with Gasteiger partial charge in [-0.05, 0) is 55.5 Å². The van der Waals surface area contributed by atoms with Crippen molar-refractivity contribution in [3.05, 3.63) is 71.2 Å². The molecule has 1 aromatic carbocycles. The third-order valence-corrected chi connectivity index (χ3v) is 5.86. The molecule has 0 spiro atoms. The highest BCUT2D eigenvalue weighted by molar-refractivity contribution is 5.96. The van der Waals surface area contributed by atoms with E-state index in [2.05, 4.69) is 20.7 Å². The minimum Gasteiger partial charge on any atom is -0.345 e. The lowest BCUT2D eigenvalue weighted by Crippen LogP contribution is -2.27. The standard InChI is InChI=1S/C25H26F3N5O2/c1-14(2)22-20(13-30-33(22)21-11-8-18(12-29-21)25(26,27)28)24(35)31-15(3)16-6-9-19(10-7-16)32-23(34)17-4-5-17/h6-15,17H,4-5H2,1-3H3,(H,31,35)(H,32,34). The van der Waals surface area contributed by atoms with Crippen LogP contribution in [-0.2, 0) is 11.0 Å². The zero-order chi connectivity index (χ0) is 25.3. The Bertz CT molecular complexity index is 1210. The van der Waals surface area contributed by atoms with Crippen LogP contribution in [0.1, 0.15) is 72.8 Å². The number of benzene rings is 1. The summed E-state index contributed by atoms with van der Waals surface area (Å²) in [5, 5.41) is 10.1. The Balaban J connectivity index is 1.49. The van der Waals surface area contributed by atoms with Crippen molar-refractivity contribution in [2.45, 2.75) is 51.7 Å². The van der Waals surface area contributed by atoms with Crippen LogP contribution >= 0.6 is 0 Å². The molecule has 3 aromatic rings. The van der Waals surface area contributed by atoms with Crippen molar-refractivity contribution >= 4 is 17.5 Å². The molecule has 0 bridgehead atoms. The van der Waals surface area contributed by atoms with Crippen LogP contribution in [0.15, 0.2) is 48.8 Å². The van der Waals surface area contributed by atoms with Gasteiger partial charge in [-0.15, -0.1) is 0 Å². The normalized spacial score (nSPS) is 14.6. The molecule has 1 unspecified atom stereocenters. The van der Waals surface area contributed by atoms with Gasteiger partial charge in [0.25, 0.3) is 5.91 Å². The molecule has 2 aromatic heterocycles. The number of alkyl halides is 3. The van der Waals surface area contributed by atoms with E-state index in [-0.39, 0.29) is 35.5 Å². The summed E-state index contributed by atoms with van der Waals surface area (Å²) in [5.41, 5.74) is 1.56. The van der Waals surface area contributed by atoms with Gasteiger partial charge in [0.1, 0.15) is 0 Å². The summed E-state index contributed by atoms with van der Waals surface area (Å²) in [5.74, 6) is -0.170. The fraction of sp³-hybridized carbons (Fsp3) is 0.360. The van der Waals surface area contributed by atoms with E-state index in [9.17, 15) is 22.8 Å². The largest absolute Gasteiger partial charge is 0.417 e. The Hall–Kier alpha value is -3.69. The van der Waals surface area contributed by atoms with Gasteiger partial charge < -0.3 is 10.6 Å². The zero-order valence-corrected chi connectivity index (χ0v) is 19.6. The molecule has 2 heterocycles. The summed E-state index contributed by atoms with van der Waals surface area (Å²) >= 11 is 0. The number of aromatic nitrogens is 3. The molecule has 0 saturated heterocycles. The summed E-state index contributed by atoms with van der Waals surface area (Å²) < 4.78 is 40.0. The summed E-state index contributed by atoms with van der Waals surface area (Å²) in [6.07, 6.45) is -0.487. The average Bonchev–Trinajstić information content (AvgIpc) is 3.56. The Morgan fingerprint density at radius 2 is 1.71 bits per heavy atom. The molecule has 1 fully saturated rings. The second-order valence-electron chi connectivity index (χ2n) is 8.99. The SMILES string of the molecule is CC(C)c1c(C(=O)NC(C)c2ccc(NC(=O)C3CC3)cc2)cnn1-c1ccc(C(F)(F)F)cn1. The number of carbonyl (C=O) groups excluding carboxylic acids is 2. The molecule has 0 radical (unpaired) electrons. The van der Waals surface area contributed by atoms with Gasteiger partial charge in [0.05, 0.1) is 29.1 Å². The van der Waals surface area contributed by atoms with E-state index in [0.29, 0.717) is 16.9 Å². The molecule has 1 atom stereocenters. The van der Waals surface area contributed by atoms with E-state index in [1.165, 1.54) is 16.9 Å². The number of rotatable bonds is 7. The first-order valence-corrected chi connectivity index (χ1v) is 11.4. The molecule has 2 amide bonds. The number of anilines is 1. The van der Waals surface area contributed by atoms with Crippen molar-refractivity contribution < 1.29 is 22.8 Å². The van der Waals surface area contributed by atoms with Gasteiger partial charge in [-0.1, -0.05) is 26.0 Å². The first-order chi connectivity index (χ1) is 16.5. The molecule has 10 heteroatoms. The highest BCUT2D eigenvalue weighted by Crippen LogP contribution is 2.31. The summed E-state index contributed by atoms with van der Waals surface area (Å²) in [7, 11) is 0. The average molecular weight is 486 g/mol. The maximum atomic E-state index is 13.1. The van der Waals surface area contributed by atoms with Gasteiger partial charge in [-0.2, -0.15) is 18.3 Å². The monoisotopic (exact) mass is 485 g/mol. The van der Waals surface area contributed by atoms with Gasteiger partial charge >= 0.3 is 6.18 Å². The first-order valence-electron chi connectivity index (χ1n) is 11.4. The van der Waals surface area contributed by atoms with E-state index in [1.807, 2.05) is 32.9 Å². The Kier molecular flexibility index (Phi) is 6.64. The van der Waals surface area contributed by atoms with Crippen LogP contribution in [0.4, 0.5) is 18.9 Å². The lowest BCUT2D eigenvalue weighted by atomic mass is 10.0. The maximum absolute atomic E-state index is 13.1. The number of nitrogens with zero attached hydrogens (tertiary/aromatic N) is 3. The number of halogens is 3. The number of amides is 2. The van der Waals surface area contributed by atoms with Gasteiger partial charge in [-0.25, -0.2) is 9.67 Å². The minimum absolute atomic E-state index is 0.0277. The number of pyridine rings is 1. The van der Waals surface area contributed by atoms with Gasteiger partial charge in [0, 0.05) is 17.8 Å². The van der Waals surface area contributed by atoms with Crippen molar-refractivity contribution in [2.75, 3.05) is 5.32 Å². The van der Waals surface area contributed by atoms with Crippen LogP contribution in [0, 0.1) is 5.92 Å². The van der Waals surface area contributed by atoms with Crippen molar-refractivity contribution in [3.63, 3.8) is 0 Å². The summed E-state index contributed by atoms with van der Waals surface area (Å²) in [6.45, 7) is 5.57. The smallest absolute Gasteiger partial charge is 0.345 e. The molecule has 2 N–H and O–H groups in total. The quantitative estimate of drug-likeness (QED) is 0.479. The van der Waals surface area contributed by atoms with E-state index in [0.717, 1.165) is 30.7 Å². The fourth-order valence-electron chi connectivity index (χ4n) is 3.75. The molecule has 35 heavy (non-hydrogen) atoms. The maximum Gasteiger partial charge on any atom is 0.417 e. The van der Waals surface area contributed by atoms with Crippen LogP contribution in [0.2, 0.25) is 0 Å². The van der Waals surface area contributed by atoms with Crippen molar-refractivity contribution in [2.24, 2.45) is 5.92 Å². The number of hydrogen-bond donors (Lipinski definition) is 2. The molecule has 1 aliphatic rings. The van der Waals surface area contributed by atoms with Gasteiger partial charge in [0.2, 0.25) is 5.91 Å². The minimum atomic E-state index is -4.49. The molecule has 7 nitrogen and oxygen atoms in total. The molecule has 1 saturated carbocycles. The zero-order valence-electron chi connectivity index (χ0n) is 19.6. The van der Waals surface area contributed by atoms with Crippen LogP contribution in [0.5, 0.6) is 0 Å². The van der Waals surface area contributed by atoms with Crippen LogP contribution in [-0.4, -0.2) is 26.6 Å². The third-order valence-electron chi connectivity index (χ3n) is 5.86. The highest BCUT2D eigenvalue weighted by Gasteiger charge is 2.31. The van der Waals surface area contributed by atoms with E-state index in [4.69, 9.17) is 0 Å². The predicted molar refractivity (Wildman–Crippen MR) is 124 cm³/mol. The summed E-state index contributed by atoms with van der Waals surface area (Å²) in [4.78, 5) is 28.9. The summed E-state index contributed by atoms with van der Waals surface area (Å²) in [6, 6.07) is 9.11. The lowest BCUT2D eigenvalue weighted by Gasteiger charge is -2.17. The van der Waals surface area contributed by atoms with Gasteiger partial charge in [0.15, 0.2) is 5.82 Å². The fourth-order valence-corrected chi connectivity index (χ4v) is 3.75. The second kappa shape index (κ2) is 9.52. The third kappa shape index (κ3) is 5.52. The van der Waals surface area contributed by atoms with Crippen LogP contribution in [0.3, 0.4) is 0 Å². The molecular weight excluding hydrogens is 459 g/mol. The topological polar surface area (TPSA) is 88.9 Å². The lowest BCUT2D eigenvalue weighted by molar-refractivity contribution is -0.137. The molecule has 4 rings (SSSR count). The van der Waals surface area contributed by atoms with Gasteiger partial charge in [-0.3, -0.25) is 9.59 Å². The van der Waals surface area contributed by atoms with E-state index < -0.39 is 11.7 Å². The number of carbonyl (C=O) groups is 2. The van der Waals surface area contributed by atoms with Crippen molar-refractivity contribution in [1.29, 1.82) is 0 Å². The first kappa shape index (κ1) is 24.4. The van der Waals surface area contributed by atoms with Crippen molar-refractivity contribution in [1.82, 2.24) is 20.1 Å². The van der Waals surface area contributed by atoms with E-state index >= 15 is 0 Å². The molecule has 1 aliphatic carbocycles. The van der Waals surface area contributed by atoms with Crippen molar-refractivity contribution in [3.8, 4) is 5.82 Å². The molecular formula is C25H26F3N5O2. The number of hydrogen-bond acceptors (Lipinski definition) is 4. The number of nitrogens with one attached hydrogen (secondary N) is 2. The second-order valence-corrected chi connectivity index (χ2v) is 8.99. The Labute approximate surface area is 200 Å². The predicted octanol–water partition coefficient (Wildman–Crippen LogP) is 5.25. The van der Waals surface area contributed by atoms with E-state index in [1.54, 1.807) is 12.1 Å². The molecule has 184 valence electrons. The van der Waals surface area contributed by atoms with Crippen LogP contribution in [0.25, 0.3) is 5.82 Å². The Morgan fingerprint density at radius 3 is 2.26 bits per heavy atom.